The van der Waals surface area contributed by atoms with Crippen LogP contribution in [-0.2, 0) is 4.79 Å². The second-order valence-corrected chi connectivity index (χ2v) is 7.39. The minimum Gasteiger partial charge on any atom is -0.352 e. The van der Waals surface area contributed by atoms with Crippen LogP contribution in [0.5, 0.6) is 0 Å². The van der Waals surface area contributed by atoms with Gasteiger partial charge in [-0.05, 0) is 37.9 Å². The molecule has 0 aromatic carbocycles. The Balaban J connectivity index is 1.90. The van der Waals surface area contributed by atoms with Crippen LogP contribution in [0.2, 0.25) is 0 Å². The van der Waals surface area contributed by atoms with E-state index in [9.17, 15) is 10.1 Å². The predicted molar refractivity (Wildman–Crippen MR) is 78.8 cm³/mol. The van der Waals surface area contributed by atoms with Crippen LogP contribution in [0.15, 0.2) is 0 Å². The molecule has 1 amide bonds. The highest BCUT2D eigenvalue weighted by atomic mass is 32.2. The largest absolute Gasteiger partial charge is 0.352 e. The minimum absolute atomic E-state index is 0.000325. The Morgan fingerprint density at radius 3 is 2.74 bits per heavy atom. The lowest BCUT2D eigenvalue weighted by Gasteiger charge is -2.31. The van der Waals surface area contributed by atoms with E-state index in [1.54, 1.807) is 0 Å². The monoisotopic (exact) mass is 280 g/mol. The molecule has 2 aliphatic rings. The number of amides is 1. The molecule has 0 spiro atoms. The fraction of sp³-hybridized carbons (Fsp3) is 0.867. The first kappa shape index (κ1) is 14.7. The molecule has 19 heavy (non-hydrogen) atoms. The maximum Gasteiger partial charge on any atom is 0.240 e. The van der Waals surface area contributed by atoms with Gasteiger partial charge in [-0.3, -0.25) is 4.79 Å². The van der Waals surface area contributed by atoms with Crippen LogP contribution in [0.4, 0.5) is 0 Å². The Bertz CT molecular complexity index is 356. The number of hydrogen-bond donors (Lipinski definition) is 1. The molecule has 2 saturated carbocycles. The van der Waals surface area contributed by atoms with E-state index in [-0.39, 0.29) is 11.9 Å². The Morgan fingerprint density at radius 1 is 1.37 bits per heavy atom. The van der Waals surface area contributed by atoms with Gasteiger partial charge >= 0.3 is 0 Å². The van der Waals surface area contributed by atoms with Gasteiger partial charge in [0.25, 0.3) is 0 Å². The zero-order valence-electron chi connectivity index (χ0n) is 11.8. The molecule has 0 unspecified atom stereocenters. The van der Waals surface area contributed by atoms with Gasteiger partial charge in [0.1, 0.15) is 5.41 Å². The number of thioether (sulfide) groups is 1. The quantitative estimate of drug-likeness (QED) is 0.860. The SMILES string of the molecule is CCS[C@H]1CCC[C@@H](NC(=O)C2(C#N)CCCC2)C1. The summed E-state index contributed by atoms with van der Waals surface area (Å²) in [5, 5.41) is 13.2. The standard InChI is InChI=1S/C15H24N2OS/c1-2-19-13-7-5-6-12(10-13)17-14(18)15(11-16)8-3-4-9-15/h12-13H,2-10H2,1H3,(H,17,18)/t12-,13+/m1/s1. The summed E-state index contributed by atoms with van der Waals surface area (Å²) < 4.78 is 0. The fourth-order valence-corrected chi connectivity index (χ4v) is 4.53. The lowest BCUT2D eigenvalue weighted by molar-refractivity contribution is -0.128. The molecule has 4 heteroatoms. The van der Waals surface area contributed by atoms with E-state index in [1.807, 2.05) is 11.8 Å². The fourth-order valence-electron chi connectivity index (χ4n) is 3.35. The van der Waals surface area contributed by atoms with Crippen molar-refractivity contribution in [3.8, 4) is 6.07 Å². The van der Waals surface area contributed by atoms with Crippen molar-refractivity contribution in [2.75, 3.05) is 5.75 Å². The summed E-state index contributed by atoms with van der Waals surface area (Å²) in [6, 6.07) is 2.57. The highest BCUT2D eigenvalue weighted by molar-refractivity contribution is 7.99. The Labute approximate surface area is 120 Å². The zero-order valence-corrected chi connectivity index (χ0v) is 12.6. The summed E-state index contributed by atoms with van der Waals surface area (Å²) in [6.45, 7) is 2.19. The minimum atomic E-state index is -0.717. The molecule has 0 aromatic heterocycles. The van der Waals surface area contributed by atoms with Crippen LogP contribution >= 0.6 is 11.8 Å². The van der Waals surface area contributed by atoms with Gasteiger partial charge in [-0.15, -0.1) is 0 Å². The molecule has 0 aliphatic heterocycles. The van der Waals surface area contributed by atoms with Gasteiger partial charge in [0.2, 0.25) is 5.91 Å². The summed E-state index contributed by atoms with van der Waals surface area (Å²) in [7, 11) is 0. The van der Waals surface area contributed by atoms with Crippen molar-refractivity contribution in [2.45, 2.75) is 69.6 Å². The molecule has 3 nitrogen and oxygen atoms in total. The molecule has 1 N–H and O–H groups in total. The first-order valence-corrected chi connectivity index (χ1v) is 8.59. The maximum atomic E-state index is 12.4. The van der Waals surface area contributed by atoms with E-state index in [4.69, 9.17) is 0 Å². The smallest absolute Gasteiger partial charge is 0.240 e. The van der Waals surface area contributed by atoms with E-state index < -0.39 is 5.41 Å². The second-order valence-electron chi connectivity index (χ2n) is 5.82. The third-order valence-electron chi connectivity index (χ3n) is 4.47. The summed E-state index contributed by atoms with van der Waals surface area (Å²) in [5.74, 6) is 1.15. The van der Waals surface area contributed by atoms with Gasteiger partial charge in [0, 0.05) is 11.3 Å². The highest BCUT2D eigenvalue weighted by Gasteiger charge is 2.42. The van der Waals surface area contributed by atoms with Crippen molar-refractivity contribution in [3.63, 3.8) is 0 Å². The molecule has 106 valence electrons. The van der Waals surface area contributed by atoms with Crippen LogP contribution in [0, 0.1) is 16.7 Å². The van der Waals surface area contributed by atoms with Gasteiger partial charge < -0.3 is 5.32 Å². The molecule has 0 aromatic rings. The van der Waals surface area contributed by atoms with Crippen LogP contribution < -0.4 is 5.32 Å². The molecule has 0 heterocycles. The molecular weight excluding hydrogens is 256 g/mol. The van der Waals surface area contributed by atoms with Crippen LogP contribution in [0.25, 0.3) is 0 Å². The average molecular weight is 280 g/mol. The number of hydrogen-bond acceptors (Lipinski definition) is 3. The van der Waals surface area contributed by atoms with E-state index in [0.717, 1.165) is 44.3 Å². The lowest BCUT2D eigenvalue weighted by atomic mass is 9.85. The van der Waals surface area contributed by atoms with Crippen molar-refractivity contribution in [1.29, 1.82) is 5.26 Å². The average Bonchev–Trinajstić information content (AvgIpc) is 2.89. The highest BCUT2D eigenvalue weighted by Crippen LogP contribution is 2.38. The number of nitrogens with one attached hydrogen (secondary N) is 1. The maximum absolute atomic E-state index is 12.4. The van der Waals surface area contributed by atoms with E-state index >= 15 is 0 Å². The Morgan fingerprint density at radius 2 is 2.11 bits per heavy atom. The van der Waals surface area contributed by atoms with Crippen LogP contribution in [0.3, 0.4) is 0 Å². The van der Waals surface area contributed by atoms with Crippen LogP contribution in [-0.4, -0.2) is 23.0 Å². The number of carbonyl (C=O) groups is 1. The van der Waals surface area contributed by atoms with Crippen molar-refractivity contribution in [3.05, 3.63) is 0 Å². The molecule has 0 radical (unpaired) electrons. The topological polar surface area (TPSA) is 52.9 Å². The number of nitriles is 1. The van der Waals surface area contributed by atoms with E-state index in [0.29, 0.717) is 5.25 Å². The Hall–Kier alpha value is -0.690. The molecule has 0 bridgehead atoms. The lowest BCUT2D eigenvalue weighted by Crippen LogP contribution is -2.46. The number of nitrogens with zero attached hydrogens (tertiary/aromatic N) is 1. The molecule has 2 rings (SSSR count). The molecule has 2 atom stereocenters. The summed E-state index contributed by atoms with van der Waals surface area (Å²) >= 11 is 2.00. The van der Waals surface area contributed by atoms with Crippen molar-refractivity contribution in [1.82, 2.24) is 5.32 Å². The van der Waals surface area contributed by atoms with E-state index in [1.165, 1.54) is 12.8 Å². The van der Waals surface area contributed by atoms with Gasteiger partial charge in [0.05, 0.1) is 6.07 Å². The zero-order chi connectivity index (χ0) is 13.7. The van der Waals surface area contributed by atoms with Crippen molar-refractivity contribution >= 4 is 17.7 Å². The van der Waals surface area contributed by atoms with Crippen molar-refractivity contribution in [2.24, 2.45) is 5.41 Å². The first-order chi connectivity index (χ1) is 9.20. The first-order valence-electron chi connectivity index (χ1n) is 7.54. The van der Waals surface area contributed by atoms with Gasteiger partial charge in [-0.2, -0.15) is 17.0 Å². The summed E-state index contributed by atoms with van der Waals surface area (Å²) in [6.07, 6.45) is 8.14. The third-order valence-corrected chi connectivity index (χ3v) is 5.70. The van der Waals surface area contributed by atoms with Gasteiger partial charge in [-0.1, -0.05) is 26.2 Å². The van der Waals surface area contributed by atoms with Crippen LogP contribution in [0.1, 0.15) is 58.3 Å². The number of rotatable bonds is 4. The third kappa shape index (κ3) is 3.45. The summed E-state index contributed by atoms with van der Waals surface area (Å²) in [4.78, 5) is 12.4. The molecule has 2 fully saturated rings. The van der Waals surface area contributed by atoms with Gasteiger partial charge in [-0.25, -0.2) is 0 Å². The summed E-state index contributed by atoms with van der Waals surface area (Å²) in [5.41, 5.74) is -0.717. The van der Waals surface area contributed by atoms with Crippen molar-refractivity contribution < 1.29 is 4.79 Å². The number of carbonyl (C=O) groups excluding carboxylic acids is 1. The Kier molecular flexibility index (Phi) is 5.15. The molecule has 2 aliphatic carbocycles. The molecule has 0 saturated heterocycles. The normalized spacial score (nSPS) is 29.7. The van der Waals surface area contributed by atoms with E-state index in [2.05, 4.69) is 18.3 Å². The second kappa shape index (κ2) is 6.65. The van der Waals surface area contributed by atoms with Gasteiger partial charge in [0.15, 0.2) is 0 Å². The predicted octanol–water partition coefficient (Wildman–Crippen LogP) is 3.25. The molecular formula is C15H24N2OS.